The predicted molar refractivity (Wildman–Crippen MR) is 130 cm³/mol. The Morgan fingerprint density at radius 3 is 2.50 bits per heavy atom. The van der Waals surface area contributed by atoms with Crippen LogP contribution < -0.4 is 16.0 Å². The second kappa shape index (κ2) is 8.61. The second-order valence-corrected chi connectivity index (χ2v) is 9.04. The molecule has 0 spiro atoms. The minimum atomic E-state index is -0.0140. The number of halogens is 2. The third kappa shape index (κ3) is 3.96. The molecular weight excluding hydrogens is 462 g/mol. The number of likely N-dealkylation sites (N-methyl/N-ethyl adjacent to an activating group) is 1. The molecule has 0 amide bonds. The van der Waals surface area contributed by atoms with Gasteiger partial charge in [0.15, 0.2) is 5.96 Å². The van der Waals surface area contributed by atoms with Gasteiger partial charge in [0.25, 0.3) is 0 Å². The third-order valence-corrected chi connectivity index (χ3v) is 6.75. The van der Waals surface area contributed by atoms with Gasteiger partial charge in [0.1, 0.15) is 6.04 Å². The smallest absolute Gasteiger partial charge is 0.194 e. The number of anilines is 1. The van der Waals surface area contributed by atoms with E-state index < -0.39 is 0 Å². The number of aryl methyl sites for hydroxylation is 1. The van der Waals surface area contributed by atoms with Gasteiger partial charge in [-0.25, -0.2) is 4.99 Å². The number of guanidine groups is 1. The molecule has 7 heteroatoms. The number of hydrogen-bond donors (Lipinski definition) is 2. The molecule has 1 fully saturated rings. The summed E-state index contributed by atoms with van der Waals surface area (Å²) in [5, 5.41) is 3.34. The first-order valence-corrected chi connectivity index (χ1v) is 11.0. The minimum absolute atomic E-state index is 0. The molecule has 30 heavy (non-hydrogen) atoms. The van der Waals surface area contributed by atoms with Crippen molar-refractivity contribution in [1.82, 2.24) is 10.2 Å². The Morgan fingerprint density at radius 2 is 1.77 bits per heavy atom. The van der Waals surface area contributed by atoms with Crippen LogP contribution in [0.25, 0.3) is 5.70 Å². The van der Waals surface area contributed by atoms with Gasteiger partial charge in [-0.15, -0.1) is 12.4 Å². The van der Waals surface area contributed by atoms with E-state index in [1.807, 2.05) is 0 Å². The van der Waals surface area contributed by atoms with Crippen LogP contribution >= 0.6 is 28.3 Å². The van der Waals surface area contributed by atoms with Crippen molar-refractivity contribution in [1.29, 1.82) is 0 Å². The maximum atomic E-state index is 6.20. The van der Waals surface area contributed by atoms with Crippen LogP contribution in [-0.4, -0.2) is 44.1 Å². The molecule has 5 rings (SSSR count). The van der Waals surface area contributed by atoms with E-state index in [4.69, 9.17) is 10.7 Å². The summed E-state index contributed by atoms with van der Waals surface area (Å²) in [7, 11) is 2.19. The second-order valence-electron chi connectivity index (χ2n) is 8.13. The first-order valence-electron chi connectivity index (χ1n) is 10.2. The van der Waals surface area contributed by atoms with Gasteiger partial charge in [-0.2, -0.15) is 0 Å². The van der Waals surface area contributed by atoms with Gasteiger partial charge in [0, 0.05) is 41.9 Å². The van der Waals surface area contributed by atoms with Gasteiger partial charge in [-0.3, -0.25) is 0 Å². The number of benzene rings is 2. The molecule has 0 aromatic heterocycles. The van der Waals surface area contributed by atoms with Crippen LogP contribution in [0.2, 0.25) is 0 Å². The highest BCUT2D eigenvalue weighted by molar-refractivity contribution is 9.10. The Bertz CT molecular complexity index is 993. The Labute approximate surface area is 192 Å². The Hall–Kier alpha value is -2.02. The van der Waals surface area contributed by atoms with E-state index in [9.17, 15) is 0 Å². The van der Waals surface area contributed by atoms with Crippen LogP contribution in [0.1, 0.15) is 29.2 Å². The number of fused-ring (bicyclic) bond motifs is 2. The summed E-state index contributed by atoms with van der Waals surface area (Å²) >= 11 is 3.61. The van der Waals surface area contributed by atoms with Gasteiger partial charge >= 0.3 is 0 Å². The lowest BCUT2D eigenvalue weighted by Crippen LogP contribution is -2.44. The first kappa shape index (κ1) is 21.2. The maximum absolute atomic E-state index is 6.20. The van der Waals surface area contributed by atoms with E-state index in [2.05, 4.69) is 80.6 Å². The number of hydrogen-bond acceptors (Lipinski definition) is 5. The number of nitrogens with two attached hydrogens (primary N) is 1. The van der Waals surface area contributed by atoms with Gasteiger partial charge in [0.2, 0.25) is 0 Å². The van der Waals surface area contributed by atoms with Crippen LogP contribution in [0.15, 0.2) is 57.5 Å². The Morgan fingerprint density at radius 1 is 1.03 bits per heavy atom. The largest absolute Gasteiger partial charge is 0.370 e. The van der Waals surface area contributed by atoms with Gasteiger partial charge in [-0.05, 0) is 60.9 Å². The molecule has 0 radical (unpaired) electrons. The summed E-state index contributed by atoms with van der Waals surface area (Å²) in [6.45, 7) is 4.38. The number of nitrogens with one attached hydrogen (secondary N) is 1. The van der Waals surface area contributed by atoms with Crippen molar-refractivity contribution in [3.05, 3.63) is 69.2 Å². The zero-order valence-corrected chi connectivity index (χ0v) is 19.5. The number of aliphatic imine (C=N–C) groups is 1. The van der Waals surface area contributed by atoms with E-state index in [1.165, 1.54) is 28.0 Å². The predicted octanol–water partition coefficient (Wildman–Crippen LogP) is 3.94. The molecule has 158 valence electrons. The summed E-state index contributed by atoms with van der Waals surface area (Å²) in [6.07, 6.45) is 2.03. The van der Waals surface area contributed by atoms with Gasteiger partial charge < -0.3 is 20.9 Å². The van der Waals surface area contributed by atoms with Crippen molar-refractivity contribution in [2.45, 2.75) is 18.9 Å². The Balaban J connectivity index is 0.00000218. The average Bonchev–Trinajstić information content (AvgIpc) is 2.74. The Kier molecular flexibility index (Phi) is 6.09. The van der Waals surface area contributed by atoms with Crippen LogP contribution in [0.3, 0.4) is 0 Å². The monoisotopic (exact) mass is 487 g/mol. The molecule has 3 N–H and O–H groups in total. The summed E-state index contributed by atoms with van der Waals surface area (Å²) < 4.78 is 1.08. The van der Waals surface area contributed by atoms with E-state index in [0.29, 0.717) is 5.96 Å². The quantitative estimate of drug-likeness (QED) is 0.672. The normalized spacial score (nSPS) is 21.2. The van der Waals surface area contributed by atoms with Crippen LogP contribution in [-0.2, 0) is 6.42 Å². The zero-order valence-electron chi connectivity index (χ0n) is 17.1. The molecular formula is C23H27BrClN5. The number of piperazine rings is 1. The fourth-order valence-corrected chi connectivity index (χ4v) is 4.93. The molecule has 2 heterocycles. The molecule has 1 aliphatic carbocycles. The molecule has 1 unspecified atom stereocenters. The highest BCUT2D eigenvalue weighted by Crippen LogP contribution is 2.41. The highest BCUT2D eigenvalue weighted by Gasteiger charge is 2.30. The standard InChI is InChI=1S/C23H26BrN5.ClH/c1-28-10-12-29(13-11-28)18-7-3-16(4-8-18)21-19-9-5-15-2-6-17(24)14-20(15)22(19)27-23(25)26-21;/h2-4,6-8,14,21H,5,9-13H2,1H3,(H3,25,26,27);1H. The average molecular weight is 489 g/mol. The topological polar surface area (TPSA) is 56.9 Å². The van der Waals surface area contributed by atoms with Gasteiger partial charge in [-0.1, -0.05) is 34.1 Å². The van der Waals surface area contributed by atoms with E-state index >= 15 is 0 Å². The van der Waals surface area contributed by atoms with Crippen LogP contribution in [0.4, 0.5) is 5.69 Å². The number of nitrogens with zero attached hydrogens (tertiary/aromatic N) is 3. The lowest BCUT2D eigenvalue weighted by Gasteiger charge is -2.34. The molecule has 2 aliphatic heterocycles. The molecule has 2 aromatic carbocycles. The van der Waals surface area contributed by atoms with Crippen molar-refractivity contribution in [2.75, 3.05) is 38.1 Å². The van der Waals surface area contributed by atoms with E-state index in [-0.39, 0.29) is 18.4 Å². The molecule has 1 saturated heterocycles. The minimum Gasteiger partial charge on any atom is -0.370 e. The lowest BCUT2D eigenvalue weighted by atomic mass is 9.83. The summed E-state index contributed by atoms with van der Waals surface area (Å²) in [6, 6.07) is 15.4. The number of rotatable bonds is 2. The fraction of sp³-hybridized carbons (Fsp3) is 0.348. The SMILES string of the molecule is CN1CCN(c2ccc(C3N=C(N)NC4=C3CCc3ccc(Br)cc34)cc2)CC1.Cl. The first-order chi connectivity index (χ1) is 14.1. The molecule has 5 nitrogen and oxygen atoms in total. The van der Waals surface area contributed by atoms with Crippen molar-refractivity contribution < 1.29 is 0 Å². The molecule has 3 aliphatic rings. The highest BCUT2D eigenvalue weighted by atomic mass is 79.9. The maximum Gasteiger partial charge on any atom is 0.194 e. The van der Waals surface area contributed by atoms with Crippen LogP contribution in [0, 0.1) is 0 Å². The molecule has 1 atom stereocenters. The van der Waals surface area contributed by atoms with Crippen molar-refractivity contribution >= 4 is 45.7 Å². The van der Waals surface area contributed by atoms with Crippen molar-refractivity contribution in [2.24, 2.45) is 10.7 Å². The lowest BCUT2D eigenvalue weighted by molar-refractivity contribution is 0.313. The van der Waals surface area contributed by atoms with Crippen molar-refractivity contribution in [3.63, 3.8) is 0 Å². The van der Waals surface area contributed by atoms with E-state index in [0.717, 1.165) is 49.2 Å². The fourth-order valence-electron chi connectivity index (χ4n) is 4.57. The molecule has 2 aromatic rings. The molecule has 0 saturated carbocycles. The van der Waals surface area contributed by atoms with E-state index in [1.54, 1.807) is 0 Å². The summed E-state index contributed by atoms with van der Waals surface area (Å²) in [5.74, 6) is 0.490. The van der Waals surface area contributed by atoms with Gasteiger partial charge in [0.05, 0.1) is 5.70 Å². The summed E-state index contributed by atoms with van der Waals surface area (Å²) in [5.41, 5.74) is 13.8. The van der Waals surface area contributed by atoms with Crippen molar-refractivity contribution in [3.8, 4) is 0 Å². The zero-order chi connectivity index (χ0) is 20.0. The van der Waals surface area contributed by atoms with Crippen LogP contribution in [0.5, 0.6) is 0 Å². The third-order valence-electron chi connectivity index (χ3n) is 6.25. The summed E-state index contributed by atoms with van der Waals surface area (Å²) in [4.78, 5) is 9.62. The molecule has 0 bridgehead atoms.